The summed E-state index contributed by atoms with van der Waals surface area (Å²) in [6.45, 7) is 1.29. The summed E-state index contributed by atoms with van der Waals surface area (Å²) in [4.78, 5) is 34.5. The number of aromatic hydroxyl groups is 1. The number of anilines is 1. The number of fused-ring (bicyclic) bond motifs is 1. The molecule has 148 valence electrons. The zero-order valence-electron chi connectivity index (χ0n) is 15.1. The lowest BCUT2D eigenvalue weighted by Crippen LogP contribution is -2.30. The van der Waals surface area contributed by atoms with E-state index in [4.69, 9.17) is 4.74 Å². The average molecular weight is 398 g/mol. The number of hydrogen-bond acceptors (Lipinski definition) is 6. The Labute approximate surface area is 163 Å². The van der Waals surface area contributed by atoms with Gasteiger partial charge in [-0.1, -0.05) is 24.3 Å². The van der Waals surface area contributed by atoms with Crippen LogP contribution in [0.15, 0.2) is 54.6 Å². The molecule has 8 nitrogen and oxygen atoms in total. The average Bonchev–Trinajstić information content (AvgIpc) is 2.68. The number of carbonyl (C=O) groups excluding carboxylic acids is 2. The van der Waals surface area contributed by atoms with E-state index in [0.29, 0.717) is 5.39 Å². The molecule has 0 fully saturated rings. The van der Waals surface area contributed by atoms with Gasteiger partial charge in [0.2, 0.25) is 5.82 Å². The van der Waals surface area contributed by atoms with Crippen molar-refractivity contribution in [3.05, 3.63) is 76.1 Å². The van der Waals surface area contributed by atoms with E-state index in [9.17, 15) is 29.2 Å². The number of phenols is 1. The van der Waals surface area contributed by atoms with Crippen LogP contribution in [0.4, 0.5) is 15.8 Å². The van der Waals surface area contributed by atoms with E-state index in [-0.39, 0.29) is 17.0 Å². The van der Waals surface area contributed by atoms with Crippen LogP contribution in [0.2, 0.25) is 0 Å². The van der Waals surface area contributed by atoms with Crippen molar-refractivity contribution in [1.82, 2.24) is 0 Å². The number of hydrogen-bond donors (Lipinski definition) is 2. The van der Waals surface area contributed by atoms with Gasteiger partial charge in [0.05, 0.1) is 4.92 Å². The van der Waals surface area contributed by atoms with E-state index < -0.39 is 34.4 Å². The van der Waals surface area contributed by atoms with Crippen molar-refractivity contribution in [1.29, 1.82) is 0 Å². The molecular weight excluding hydrogens is 383 g/mol. The largest absolute Gasteiger partial charge is 0.507 e. The number of halogens is 1. The number of nitrogens with one attached hydrogen (secondary N) is 1. The molecule has 0 heterocycles. The van der Waals surface area contributed by atoms with Gasteiger partial charge in [-0.3, -0.25) is 14.9 Å². The van der Waals surface area contributed by atoms with Crippen LogP contribution in [0, 0.1) is 15.9 Å². The molecule has 0 radical (unpaired) electrons. The predicted octanol–water partition coefficient (Wildman–Crippen LogP) is 3.78. The standard InChI is InChI=1S/C20H15FN2O6/c1-11(19(25)22-14-6-7-16(21)17(10-14)23(27)28)29-20(26)15-8-12-4-2-3-5-13(12)9-18(15)24/h2-11,24H,1H3,(H,22,25)/t11-/m1/s1. The summed E-state index contributed by atoms with van der Waals surface area (Å²) in [6.07, 6.45) is -1.28. The minimum absolute atomic E-state index is 0.0282. The van der Waals surface area contributed by atoms with Crippen molar-refractivity contribution in [2.75, 3.05) is 5.32 Å². The minimum atomic E-state index is -1.28. The first-order valence-corrected chi connectivity index (χ1v) is 8.44. The molecule has 0 unspecified atom stereocenters. The minimum Gasteiger partial charge on any atom is -0.507 e. The third-order valence-corrected chi connectivity index (χ3v) is 4.15. The van der Waals surface area contributed by atoms with Crippen molar-refractivity contribution in [3.8, 4) is 5.75 Å². The van der Waals surface area contributed by atoms with E-state index in [2.05, 4.69) is 5.32 Å². The quantitative estimate of drug-likeness (QED) is 0.384. The van der Waals surface area contributed by atoms with Crippen LogP contribution in [0.3, 0.4) is 0 Å². The number of rotatable bonds is 5. The molecule has 29 heavy (non-hydrogen) atoms. The number of amides is 1. The molecule has 0 aliphatic heterocycles. The Morgan fingerprint density at radius 1 is 1.14 bits per heavy atom. The zero-order valence-corrected chi connectivity index (χ0v) is 15.1. The molecule has 3 aromatic rings. The van der Waals surface area contributed by atoms with Gasteiger partial charge in [0.15, 0.2) is 6.10 Å². The molecule has 0 aliphatic rings. The molecular formula is C20H15FN2O6. The Hall–Kier alpha value is -4.01. The Morgan fingerprint density at radius 2 is 1.79 bits per heavy atom. The van der Waals surface area contributed by atoms with Crippen LogP contribution in [0.5, 0.6) is 5.75 Å². The van der Waals surface area contributed by atoms with Crippen molar-refractivity contribution >= 4 is 34.0 Å². The molecule has 3 aromatic carbocycles. The van der Waals surface area contributed by atoms with Crippen molar-refractivity contribution in [3.63, 3.8) is 0 Å². The zero-order chi connectivity index (χ0) is 21.1. The van der Waals surface area contributed by atoms with Gasteiger partial charge in [-0.2, -0.15) is 4.39 Å². The van der Waals surface area contributed by atoms with Crippen molar-refractivity contribution in [2.24, 2.45) is 0 Å². The predicted molar refractivity (Wildman–Crippen MR) is 102 cm³/mol. The van der Waals surface area contributed by atoms with Gasteiger partial charge in [-0.15, -0.1) is 0 Å². The van der Waals surface area contributed by atoms with Crippen LogP contribution in [0.1, 0.15) is 17.3 Å². The Balaban J connectivity index is 1.73. The van der Waals surface area contributed by atoms with E-state index in [1.165, 1.54) is 19.1 Å². The van der Waals surface area contributed by atoms with Crippen LogP contribution in [-0.2, 0) is 9.53 Å². The maximum atomic E-state index is 13.4. The highest BCUT2D eigenvalue weighted by molar-refractivity contribution is 6.01. The second kappa shape index (κ2) is 7.93. The second-order valence-corrected chi connectivity index (χ2v) is 6.18. The van der Waals surface area contributed by atoms with Gasteiger partial charge in [-0.25, -0.2) is 4.79 Å². The first-order valence-electron chi connectivity index (χ1n) is 8.44. The summed E-state index contributed by atoms with van der Waals surface area (Å²) in [7, 11) is 0. The number of esters is 1. The number of nitrogens with zero attached hydrogens (tertiary/aromatic N) is 1. The normalized spacial score (nSPS) is 11.7. The van der Waals surface area contributed by atoms with Crippen LogP contribution < -0.4 is 5.32 Å². The van der Waals surface area contributed by atoms with E-state index >= 15 is 0 Å². The topological polar surface area (TPSA) is 119 Å². The Bertz CT molecular complexity index is 1130. The monoisotopic (exact) mass is 398 g/mol. The summed E-state index contributed by atoms with van der Waals surface area (Å²) in [6, 6.07) is 12.8. The van der Waals surface area contributed by atoms with Gasteiger partial charge < -0.3 is 15.2 Å². The molecule has 0 aliphatic carbocycles. The second-order valence-electron chi connectivity index (χ2n) is 6.18. The lowest BCUT2D eigenvalue weighted by atomic mass is 10.1. The number of nitro benzene ring substituents is 1. The van der Waals surface area contributed by atoms with Gasteiger partial charge in [0, 0.05) is 11.8 Å². The first-order chi connectivity index (χ1) is 13.8. The number of carbonyl (C=O) groups is 2. The van der Waals surface area contributed by atoms with Gasteiger partial charge >= 0.3 is 11.7 Å². The number of ether oxygens (including phenoxy) is 1. The molecule has 0 saturated carbocycles. The fourth-order valence-corrected chi connectivity index (χ4v) is 2.64. The highest BCUT2D eigenvalue weighted by Crippen LogP contribution is 2.26. The van der Waals surface area contributed by atoms with Gasteiger partial charge in [0.1, 0.15) is 11.3 Å². The lowest BCUT2D eigenvalue weighted by molar-refractivity contribution is -0.387. The molecule has 0 aromatic heterocycles. The number of benzene rings is 3. The highest BCUT2D eigenvalue weighted by Gasteiger charge is 2.23. The van der Waals surface area contributed by atoms with Crippen LogP contribution in [0.25, 0.3) is 10.8 Å². The third-order valence-electron chi connectivity index (χ3n) is 4.15. The van der Waals surface area contributed by atoms with E-state index in [1.807, 2.05) is 0 Å². The summed E-state index contributed by atoms with van der Waals surface area (Å²) in [5.41, 5.74) is -0.936. The highest BCUT2D eigenvalue weighted by atomic mass is 19.1. The molecule has 1 atom stereocenters. The third kappa shape index (κ3) is 4.29. The summed E-state index contributed by atoms with van der Waals surface area (Å²) in [5, 5.41) is 24.6. The first kappa shape index (κ1) is 19.7. The van der Waals surface area contributed by atoms with E-state index in [1.54, 1.807) is 24.3 Å². The van der Waals surface area contributed by atoms with Crippen LogP contribution in [-0.4, -0.2) is 28.0 Å². The summed E-state index contributed by atoms with van der Waals surface area (Å²) in [5.74, 6) is -3.03. The number of phenolic OH excluding ortho intramolecular Hbond substituents is 1. The molecule has 1 amide bonds. The number of nitro groups is 1. The molecule has 0 spiro atoms. The van der Waals surface area contributed by atoms with Crippen molar-refractivity contribution < 1.29 is 28.7 Å². The fourth-order valence-electron chi connectivity index (χ4n) is 2.64. The Kier molecular flexibility index (Phi) is 5.40. The maximum absolute atomic E-state index is 13.4. The molecule has 3 rings (SSSR count). The molecule has 0 saturated heterocycles. The maximum Gasteiger partial charge on any atom is 0.342 e. The summed E-state index contributed by atoms with van der Waals surface area (Å²) >= 11 is 0. The Morgan fingerprint density at radius 3 is 2.45 bits per heavy atom. The molecule has 0 bridgehead atoms. The smallest absolute Gasteiger partial charge is 0.342 e. The molecule has 2 N–H and O–H groups in total. The van der Waals surface area contributed by atoms with E-state index in [0.717, 1.165) is 23.6 Å². The lowest BCUT2D eigenvalue weighted by Gasteiger charge is -2.14. The summed E-state index contributed by atoms with van der Waals surface area (Å²) < 4.78 is 18.5. The molecule has 9 heteroatoms. The fraction of sp³-hybridized carbons (Fsp3) is 0.100. The van der Waals surface area contributed by atoms with Crippen molar-refractivity contribution in [2.45, 2.75) is 13.0 Å². The van der Waals surface area contributed by atoms with Gasteiger partial charge in [-0.05, 0) is 42.0 Å². The van der Waals surface area contributed by atoms with Gasteiger partial charge in [0.25, 0.3) is 5.91 Å². The SMILES string of the molecule is C[C@@H](OC(=O)c1cc2ccccc2cc1O)C(=O)Nc1ccc(F)c([N+](=O)[O-])c1. The van der Waals surface area contributed by atoms with Crippen LogP contribution >= 0.6 is 0 Å².